The van der Waals surface area contributed by atoms with Gasteiger partial charge in [-0.25, -0.2) is 0 Å². The van der Waals surface area contributed by atoms with Crippen molar-refractivity contribution in [3.63, 3.8) is 0 Å². The Morgan fingerprint density at radius 1 is 1.10 bits per heavy atom. The van der Waals surface area contributed by atoms with Crippen molar-refractivity contribution in [2.75, 3.05) is 13.1 Å². The van der Waals surface area contributed by atoms with Crippen LogP contribution in [0.5, 0.6) is 5.75 Å². The van der Waals surface area contributed by atoms with Gasteiger partial charge in [0.2, 0.25) is 11.8 Å². The van der Waals surface area contributed by atoms with Crippen LogP contribution in [0.4, 0.5) is 13.2 Å². The zero-order valence-corrected chi connectivity index (χ0v) is 10.9. The van der Waals surface area contributed by atoms with E-state index in [9.17, 15) is 22.8 Å². The van der Waals surface area contributed by atoms with Gasteiger partial charge in [-0.2, -0.15) is 0 Å². The summed E-state index contributed by atoms with van der Waals surface area (Å²) in [6.45, 7) is -0.317. The molecule has 0 spiro atoms. The number of alkyl halides is 3. The van der Waals surface area contributed by atoms with E-state index in [0.717, 1.165) is 12.1 Å². The number of nitrogens with one attached hydrogen (secondary N) is 2. The van der Waals surface area contributed by atoms with Crippen LogP contribution < -0.4 is 21.1 Å². The Labute approximate surface area is 118 Å². The van der Waals surface area contributed by atoms with Crippen LogP contribution in [0.25, 0.3) is 0 Å². The number of benzene rings is 1. The van der Waals surface area contributed by atoms with Gasteiger partial charge in [-0.15, -0.1) is 13.2 Å². The first-order valence-corrected chi connectivity index (χ1v) is 5.88. The molecule has 0 aliphatic rings. The molecule has 116 valence electrons. The number of hydrogen-bond acceptors (Lipinski definition) is 4. The molecule has 6 nitrogen and oxygen atoms in total. The molecule has 2 amide bonds. The maximum Gasteiger partial charge on any atom is 0.573 e. The zero-order valence-electron chi connectivity index (χ0n) is 10.9. The summed E-state index contributed by atoms with van der Waals surface area (Å²) in [5.74, 6) is -1.24. The summed E-state index contributed by atoms with van der Waals surface area (Å²) in [6, 6.07) is 5.07. The molecule has 1 aromatic carbocycles. The fourth-order valence-corrected chi connectivity index (χ4v) is 1.32. The third kappa shape index (κ3) is 7.16. The van der Waals surface area contributed by atoms with Gasteiger partial charge in [0.25, 0.3) is 0 Å². The number of rotatable bonds is 6. The van der Waals surface area contributed by atoms with Gasteiger partial charge < -0.3 is 21.1 Å². The number of halogens is 3. The molecule has 0 saturated heterocycles. The predicted molar refractivity (Wildman–Crippen MR) is 67.0 cm³/mol. The molecule has 1 rings (SSSR count). The third-order valence-corrected chi connectivity index (χ3v) is 2.28. The van der Waals surface area contributed by atoms with E-state index in [-0.39, 0.29) is 25.4 Å². The smallest absolute Gasteiger partial charge is 0.406 e. The molecule has 0 atom stereocenters. The van der Waals surface area contributed by atoms with Crippen LogP contribution in [0.3, 0.4) is 0 Å². The van der Waals surface area contributed by atoms with E-state index in [1.165, 1.54) is 12.1 Å². The number of amides is 2. The molecule has 0 bridgehead atoms. The third-order valence-electron chi connectivity index (χ3n) is 2.28. The number of carbonyl (C=O) groups is 2. The summed E-state index contributed by atoms with van der Waals surface area (Å²) < 4.78 is 39.6. The van der Waals surface area contributed by atoms with Crippen molar-refractivity contribution in [3.05, 3.63) is 29.8 Å². The van der Waals surface area contributed by atoms with Gasteiger partial charge in [-0.1, -0.05) is 12.1 Å². The number of carbonyl (C=O) groups excluding carboxylic acids is 2. The topological polar surface area (TPSA) is 93.5 Å². The van der Waals surface area contributed by atoms with Crippen LogP contribution in [0.1, 0.15) is 5.56 Å². The van der Waals surface area contributed by atoms with Crippen molar-refractivity contribution in [1.82, 2.24) is 10.6 Å². The lowest BCUT2D eigenvalue weighted by molar-refractivity contribution is -0.274. The molecule has 0 heterocycles. The summed E-state index contributed by atoms with van der Waals surface area (Å²) >= 11 is 0. The van der Waals surface area contributed by atoms with E-state index in [1.807, 2.05) is 0 Å². The average molecular weight is 305 g/mol. The molecular weight excluding hydrogens is 291 g/mol. The lowest BCUT2D eigenvalue weighted by atomic mass is 10.2. The Kier molecular flexibility index (Phi) is 5.97. The summed E-state index contributed by atoms with van der Waals surface area (Å²) in [4.78, 5) is 22.2. The van der Waals surface area contributed by atoms with E-state index >= 15 is 0 Å². The standard InChI is InChI=1S/C12H14F3N3O3/c13-12(14,15)21-9-3-1-8(2-4-9)6-17-11(20)7-18-10(19)5-16/h1-4H,5-7,16H2,(H,17,20)(H,18,19). The van der Waals surface area contributed by atoms with Crippen molar-refractivity contribution in [2.24, 2.45) is 5.73 Å². The number of hydrogen-bond donors (Lipinski definition) is 3. The SMILES string of the molecule is NCC(=O)NCC(=O)NCc1ccc(OC(F)(F)F)cc1. The summed E-state index contributed by atoms with van der Waals surface area (Å²) in [5, 5.41) is 4.77. The van der Waals surface area contributed by atoms with Gasteiger partial charge in [-0.3, -0.25) is 9.59 Å². The molecule has 0 aliphatic carbocycles. The second-order valence-electron chi connectivity index (χ2n) is 3.95. The largest absolute Gasteiger partial charge is 0.573 e. The van der Waals surface area contributed by atoms with E-state index in [1.54, 1.807) is 0 Å². The Hall–Kier alpha value is -2.29. The fourth-order valence-electron chi connectivity index (χ4n) is 1.32. The lowest BCUT2D eigenvalue weighted by Gasteiger charge is -2.10. The second kappa shape index (κ2) is 7.48. The van der Waals surface area contributed by atoms with Crippen LogP contribution in [-0.4, -0.2) is 31.3 Å². The maximum absolute atomic E-state index is 12.0. The monoisotopic (exact) mass is 305 g/mol. The zero-order chi connectivity index (χ0) is 15.9. The van der Waals surface area contributed by atoms with Crippen LogP contribution in [0, 0.1) is 0 Å². The lowest BCUT2D eigenvalue weighted by Crippen LogP contribution is -2.39. The number of nitrogens with two attached hydrogens (primary N) is 1. The van der Waals surface area contributed by atoms with Gasteiger partial charge in [0.1, 0.15) is 5.75 Å². The Morgan fingerprint density at radius 3 is 2.24 bits per heavy atom. The van der Waals surface area contributed by atoms with Crippen molar-refractivity contribution < 1.29 is 27.5 Å². The van der Waals surface area contributed by atoms with E-state index in [0.29, 0.717) is 5.56 Å². The highest BCUT2D eigenvalue weighted by Crippen LogP contribution is 2.22. The van der Waals surface area contributed by atoms with Gasteiger partial charge in [0.15, 0.2) is 0 Å². The first-order valence-electron chi connectivity index (χ1n) is 5.88. The van der Waals surface area contributed by atoms with Gasteiger partial charge in [0.05, 0.1) is 13.1 Å². The van der Waals surface area contributed by atoms with Crippen LogP contribution >= 0.6 is 0 Å². The first kappa shape index (κ1) is 16.8. The summed E-state index contributed by atoms with van der Waals surface area (Å²) in [5.41, 5.74) is 5.63. The van der Waals surface area contributed by atoms with Crippen molar-refractivity contribution in [2.45, 2.75) is 12.9 Å². The molecule has 21 heavy (non-hydrogen) atoms. The minimum atomic E-state index is -4.74. The van der Waals surface area contributed by atoms with Crippen molar-refractivity contribution >= 4 is 11.8 Å². The highest BCUT2D eigenvalue weighted by Gasteiger charge is 2.30. The molecular formula is C12H14F3N3O3. The molecule has 0 fully saturated rings. The van der Waals surface area contributed by atoms with Crippen molar-refractivity contribution in [1.29, 1.82) is 0 Å². The van der Waals surface area contributed by atoms with Gasteiger partial charge in [0, 0.05) is 6.54 Å². The van der Waals surface area contributed by atoms with Crippen LogP contribution in [0.2, 0.25) is 0 Å². The highest BCUT2D eigenvalue weighted by atomic mass is 19.4. The average Bonchev–Trinajstić information content (AvgIpc) is 2.42. The fraction of sp³-hybridized carbons (Fsp3) is 0.333. The molecule has 0 saturated carbocycles. The minimum absolute atomic E-state index is 0.115. The van der Waals surface area contributed by atoms with E-state index in [4.69, 9.17) is 5.73 Å². The van der Waals surface area contributed by atoms with Gasteiger partial charge in [-0.05, 0) is 17.7 Å². The summed E-state index contributed by atoms with van der Waals surface area (Å²) in [7, 11) is 0. The predicted octanol–water partition coefficient (Wildman–Crippen LogP) is 0.276. The van der Waals surface area contributed by atoms with Crippen molar-refractivity contribution in [3.8, 4) is 5.75 Å². The Bertz CT molecular complexity index is 489. The van der Waals surface area contributed by atoms with Gasteiger partial charge >= 0.3 is 6.36 Å². The Balaban J connectivity index is 2.39. The Morgan fingerprint density at radius 2 is 1.71 bits per heavy atom. The maximum atomic E-state index is 12.0. The molecule has 4 N–H and O–H groups in total. The molecule has 0 aromatic heterocycles. The van der Waals surface area contributed by atoms with E-state index in [2.05, 4.69) is 15.4 Å². The molecule has 0 unspecified atom stereocenters. The van der Waals surface area contributed by atoms with E-state index < -0.39 is 18.2 Å². The quantitative estimate of drug-likeness (QED) is 0.703. The summed E-state index contributed by atoms with van der Waals surface area (Å²) in [6.07, 6.45) is -4.74. The molecule has 9 heteroatoms. The second-order valence-corrected chi connectivity index (χ2v) is 3.95. The highest BCUT2D eigenvalue weighted by molar-refractivity contribution is 5.85. The number of ether oxygens (including phenoxy) is 1. The molecule has 1 aromatic rings. The molecule has 0 radical (unpaired) electrons. The first-order chi connectivity index (χ1) is 9.80. The van der Waals surface area contributed by atoms with Crippen LogP contribution in [0.15, 0.2) is 24.3 Å². The minimum Gasteiger partial charge on any atom is -0.406 e. The molecule has 0 aliphatic heterocycles. The van der Waals surface area contributed by atoms with Crippen LogP contribution in [-0.2, 0) is 16.1 Å². The normalized spacial score (nSPS) is 10.9.